The van der Waals surface area contributed by atoms with Crippen molar-refractivity contribution in [2.45, 2.75) is 26.3 Å². The highest BCUT2D eigenvalue weighted by Gasteiger charge is 2.17. The van der Waals surface area contributed by atoms with Crippen LogP contribution in [0.1, 0.15) is 30.5 Å². The van der Waals surface area contributed by atoms with E-state index in [1.165, 1.54) is 11.6 Å². The third kappa shape index (κ3) is 4.55. The minimum Gasteiger partial charge on any atom is -0.490 e. The fraction of sp³-hybridized carbons (Fsp3) is 0.316. The summed E-state index contributed by atoms with van der Waals surface area (Å²) in [5.41, 5.74) is 2.27. The van der Waals surface area contributed by atoms with E-state index in [4.69, 9.17) is 4.74 Å². The Bertz CT molecular complexity index is 655. The number of aryl methyl sites for hydroxylation is 1. The summed E-state index contributed by atoms with van der Waals surface area (Å²) in [4.78, 5) is 13.9. The van der Waals surface area contributed by atoms with Crippen LogP contribution < -0.4 is 4.74 Å². The molecule has 2 aromatic carbocycles. The van der Waals surface area contributed by atoms with E-state index in [9.17, 15) is 9.18 Å². The molecule has 0 radical (unpaired) electrons. The number of nitrogens with zero attached hydrogens (tertiary/aromatic N) is 1. The molecule has 0 heterocycles. The van der Waals surface area contributed by atoms with E-state index in [2.05, 4.69) is 0 Å². The van der Waals surface area contributed by atoms with Crippen molar-refractivity contribution in [3.8, 4) is 5.75 Å². The third-order valence-electron chi connectivity index (χ3n) is 3.94. The summed E-state index contributed by atoms with van der Waals surface area (Å²) in [6, 6.07) is 14.3. The highest BCUT2D eigenvalue weighted by Crippen LogP contribution is 2.20. The molecule has 2 aromatic rings. The Balaban J connectivity index is 1.87. The second kappa shape index (κ2) is 7.77. The van der Waals surface area contributed by atoms with Crippen molar-refractivity contribution in [2.24, 2.45) is 0 Å². The number of hydrogen-bond donors (Lipinski definition) is 0. The molecule has 0 fully saturated rings. The number of carbonyl (C=O) groups is 1. The van der Waals surface area contributed by atoms with E-state index in [1.807, 2.05) is 38.1 Å². The quantitative estimate of drug-likeness (QED) is 0.802. The van der Waals surface area contributed by atoms with Gasteiger partial charge >= 0.3 is 0 Å². The molecule has 23 heavy (non-hydrogen) atoms. The molecule has 1 unspecified atom stereocenters. The Kier molecular flexibility index (Phi) is 5.74. The second-order valence-electron chi connectivity index (χ2n) is 5.62. The Morgan fingerprint density at radius 3 is 2.48 bits per heavy atom. The Hall–Kier alpha value is -2.36. The van der Waals surface area contributed by atoms with Gasteiger partial charge in [-0.2, -0.15) is 0 Å². The predicted molar refractivity (Wildman–Crippen MR) is 88.9 cm³/mol. The van der Waals surface area contributed by atoms with E-state index in [1.54, 1.807) is 30.1 Å². The van der Waals surface area contributed by atoms with E-state index in [-0.39, 0.29) is 30.7 Å². The monoisotopic (exact) mass is 315 g/mol. The molecule has 1 atom stereocenters. The van der Waals surface area contributed by atoms with Crippen LogP contribution in [-0.4, -0.2) is 24.5 Å². The molecule has 0 spiro atoms. The average Bonchev–Trinajstić information content (AvgIpc) is 2.56. The van der Waals surface area contributed by atoms with Crippen LogP contribution in [0.5, 0.6) is 5.75 Å². The zero-order valence-corrected chi connectivity index (χ0v) is 13.8. The Labute approximate surface area is 136 Å². The van der Waals surface area contributed by atoms with Gasteiger partial charge in [0.1, 0.15) is 0 Å². The van der Waals surface area contributed by atoms with E-state index in [0.29, 0.717) is 0 Å². The van der Waals surface area contributed by atoms with Crippen LogP contribution in [0.2, 0.25) is 0 Å². The molecule has 4 heteroatoms. The smallest absolute Gasteiger partial charge is 0.226 e. The number of carbonyl (C=O) groups excluding carboxylic acids is 1. The van der Waals surface area contributed by atoms with Crippen molar-refractivity contribution in [1.29, 1.82) is 0 Å². The van der Waals surface area contributed by atoms with Crippen molar-refractivity contribution < 1.29 is 13.9 Å². The number of para-hydroxylation sites is 1. The van der Waals surface area contributed by atoms with Gasteiger partial charge in [0.05, 0.1) is 19.1 Å². The highest BCUT2D eigenvalue weighted by atomic mass is 19.1. The third-order valence-corrected chi connectivity index (χ3v) is 3.94. The first kappa shape index (κ1) is 17.0. The molecular weight excluding hydrogens is 293 g/mol. The van der Waals surface area contributed by atoms with Gasteiger partial charge in [-0.05, 0) is 31.5 Å². The van der Waals surface area contributed by atoms with Gasteiger partial charge in [0.25, 0.3) is 0 Å². The average molecular weight is 315 g/mol. The molecule has 3 nitrogen and oxygen atoms in total. The fourth-order valence-electron chi connectivity index (χ4n) is 2.27. The van der Waals surface area contributed by atoms with Crippen LogP contribution in [0.4, 0.5) is 4.39 Å². The lowest BCUT2D eigenvalue weighted by Crippen LogP contribution is -2.30. The van der Waals surface area contributed by atoms with E-state index >= 15 is 0 Å². The molecule has 0 saturated heterocycles. The van der Waals surface area contributed by atoms with Crippen molar-refractivity contribution in [1.82, 2.24) is 4.90 Å². The first-order valence-electron chi connectivity index (χ1n) is 7.68. The molecule has 0 aliphatic rings. The summed E-state index contributed by atoms with van der Waals surface area (Å²) < 4.78 is 18.8. The van der Waals surface area contributed by atoms with Crippen LogP contribution in [0, 0.1) is 12.7 Å². The van der Waals surface area contributed by atoms with Crippen LogP contribution in [0.25, 0.3) is 0 Å². The normalized spacial score (nSPS) is 11.8. The highest BCUT2D eigenvalue weighted by molar-refractivity contribution is 5.76. The molecular formula is C19H22FNO2. The summed E-state index contributed by atoms with van der Waals surface area (Å²) >= 11 is 0. The Morgan fingerprint density at radius 2 is 1.83 bits per heavy atom. The van der Waals surface area contributed by atoms with E-state index in [0.717, 1.165) is 5.56 Å². The van der Waals surface area contributed by atoms with Crippen molar-refractivity contribution in [3.05, 3.63) is 65.5 Å². The SMILES string of the molecule is Cc1ccc(C(C)N(C)C(=O)CCOc2ccccc2F)cc1. The number of ether oxygens (including phenoxy) is 1. The maximum atomic E-state index is 13.4. The second-order valence-corrected chi connectivity index (χ2v) is 5.62. The zero-order chi connectivity index (χ0) is 16.8. The van der Waals surface area contributed by atoms with Crippen LogP contribution >= 0.6 is 0 Å². The topological polar surface area (TPSA) is 29.5 Å². The number of halogens is 1. The summed E-state index contributed by atoms with van der Waals surface area (Å²) in [6.07, 6.45) is 0.209. The van der Waals surface area contributed by atoms with Crippen LogP contribution in [0.3, 0.4) is 0 Å². The van der Waals surface area contributed by atoms with Gasteiger partial charge in [0.2, 0.25) is 5.91 Å². The first-order valence-corrected chi connectivity index (χ1v) is 7.68. The van der Waals surface area contributed by atoms with Gasteiger partial charge in [-0.15, -0.1) is 0 Å². The zero-order valence-electron chi connectivity index (χ0n) is 13.8. The molecule has 0 saturated carbocycles. The lowest BCUT2D eigenvalue weighted by molar-refractivity contribution is -0.132. The van der Waals surface area contributed by atoms with Gasteiger partial charge in [-0.3, -0.25) is 4.79 Å². The van der Waals surface area contributed by atoms with Gasteiger partial charge in [0.15, 0.2) is 11.6 Å². The lowest BCUT2D eigenvalue weighted by Gasteiger charge is -2.25. The van der Waals surface area contributed by atoms with Crippen LogP contribution in [0.15, 0.2) is 48.5 Å². The number of amides is 1. The Morgan fingerprint density at radius 1 is 1.17 bits per heavy atom. The minimum absolute atomic E-state index is 0.0171. The number of hydrogen-bond acceptors (Lipinski definition) is 2. The fourth-order valence-corrected chi connectivity index (χ4v) is 2.27. The maximum Gasteiger partial charge on any atom is 0.226 e. The molecule has 0 aliphatic carbocycles. The van der Waals surface area contributed by atoms with Crippen molar-refractivity contribution in [2.75, 3.05) is 13.7 Å². The molecule has 0 aliphatic heterocycles. The number of benzene rings is 2. The summed E-state index contributed by atoms with van der Waals surface area (Å²) in [5.74, 6) is -0.273. The van der Waals surface area contributed by atoms with Crippen molar-refractivity contribution in [3.63, 3.8) is 0 Å². The lowest BCUT2D eigenvalue weighted by atomic mass is 10.1. The van der Waals surface area contributed by atoms with Crippen molar-refractivity contribution >= 4 is 5.91 Å². The van der Waals surface area contributed by atoms with Crippen LogP contribution in [-0.2, 0) is 4.79 Å². The molecule has 0 bridgehead atoms. The summed E-state index contributed by atoms with van der Waals surface area (Å²) in [5, 5.41) is 0. The largest absolute Gasteiger partial charge is 0.490 e. The molecule has 1 amide bonds. The number of rotatable bonds is 6. The molecule has 2 rings (SSSR count). The minimum atomic E-state index is -0.415. The van der Waals surface area contributed by atoms with Gasteiger partial charge in [-0.1, -0.05) is 42.0 Å². The molecule has 122 valence electrons. The van der Waals surface area contributed by atoms with Gasteiger partial charge < -0.3 is 9.64 Å². The van der Waals surface area contributed by atoms with Gasteiger partial charge in [-0.25, -0.2) is 4.39 Å². The van der Waals surface area contributed by atoms with Gasteiger partial charge in [0, 0.05) is 7.05 Å². The van der Waals surface area contributed by atoms with E-state index < -0.39 is 5.82 Å². The molecule has 0 aromatic heterocycles. The summed E-state index contributed by atoms with van der Waals surface area (Å²) in [6.45, 7) is 4.17. The first-order chi connectivity index (χ1) is 11.0. The predicted octanol–water partition coefficient (Wildman–Crippen LogP) is 4.12. The summed E-state index contributed by atoms with van der Waals surface area (Å²) in [7, 11) is 1.77. The maximum absolute atomic E-state index is 13.4. The standard InChI is InChI=1S/C19H22FNO2/c1-14-8-10-16(11-9-14)15(2)21(3)19(22)12-13-23-18-7-5-4-6-17(18)20/h4-11,15H,12-13H2,1-3H3. The molecule has 0 N–H and O–H groups in total.